The van der Waals surface area contributed by atoms with Crippen LogP contribution >= 0.6 is 0 Å². The average molecular weight is 455 g/mol. The Morgan fingerprint density at radius 1 is 0.941 bits per heavy atom. The van der Waals surface area contributed by atoms with Crippen LogP contribution in [0.25, 0.3) is 0 Å². The molecule has 3 atom stereocenters. The Balaban J connectivity index is 1.48. The zero-order valence-electron chi connectivity index (χ0n) is 19.6. The quantitative estimate of drug-likeness (QED) is 0.397. The van der Waals surface area contributed by atoms with Gasteiger partial charge in [0.25, 0.3) is 5.91 Å². The number of anilines is 2. The number of amides is 1. The molecule has 0 radical (unpaired) electrons. The molecule has 3 aromatic carbocycles. The SMILES string of the molecule is CCOc1ccc(NC(=O)c2cccc3c2NC(c2ccccc2OCC)C2CC=CC32)cc1. The number of nitrogens with one attached hydrogen (secondary N) is 2. The van der Waals surface area contributed by atoms with Gasteiger partial charge < -0.3 is 20.1 Å². The summed E-state index contributed by atoms with van der Waals surface area (Å²) in [6.07, 6.45) is 5.54. The highest BCUT2D eigenvalue weighted by molar-refractivity contribution is 6.08. The van der Waals surface area contributed by atoms with Crippen LogP contribution in [-0.4, -0.2) is 19.1 Å². The molecule has 34 heavy (non-hydrogen) atoms. The minimum absolute atomic E-state index is 0.0506. The molecular formula is C29H30N2O3. The second-order valence-corrected chi connectivity index (χ2v) is 8.63. The molecule has 0 bridgehead atoms. The maximum Gasteiger partial charge on any atom is 0.257 e. The molecule has 0 aromatic heterocycles. The lowest BCUT2D eigenvalue weighted by molar-refractivity contribution is 0.102. The summed E-state index contributed by atoms with van der Waals surface area (Å²) in [6, 6.07) is 21.7. The fourth-order valence-electron chi connectivity index (χ4n) is 5.14. The Bertz CT molecular complexity index is 1200. The van der Waals surface area contributed by atoms with E-state index in [1.54, 1.807) is 0 Å². The molecule has 0 spiro atoms. The van der Waals surface area contributed by atoms with E-state index >= 15 is 0 Å². The van der Waals surface area contributed by atoms with Gasteiger partial charge in [-0.1, -0.05) is 42.5 Å². The summed E-state index contributed by atoms with van der Waals surface area (Å²) in [4.78, 5) is 13.4. The van der Waals surface area contributed by atoms with Crippen LogP contribution in [0.1, 0.15) is 53.7 Å². The van der Waals surface area contributed by atoms with Gasteiger partial charge in [-0.05, 0) is 68.1 Å². The molecule has 1 aliphatic heterocycles. The highest BCUT2D eigenvalue weighted by Gasteiger charge is 2.40. The van der Waals surface area contributed by atoms with E-state index in [4.69, 9.17) is 9.47 Å². The molecule has 1 heterocycles. The molecular weight excluding hydrogens is 424 g/mol. The molecule has 0 saturated carbocycles. The fourth-order valence-corrected chi connectivity index (χ4v) is 5.14. The van der Waals surface area contributed by atoms with Gasteiger partial charge in [0.2, 0.25) is 0 Å². The van der Waals surface area contributed by atoms with Crippen molar-refractivity contribution in [1.82, 2.24) is 0 Å². The highest BCUT2D eigenvalue weighted by Crippen LogP contribution is 2.52. The smallest absolute Gasteiger partial charge is 0.257 e. The molecule has 1 amide bonds. The first-order valence-corrected chi connectivity index (χ1v) is 12.0. The van der Waals surface area contributed by atoms with Crippen LogP contribution in [0.4, 0.5) is 11.4 Å². The Hall–Kier alpha value is -3.73. The van der Waals surface area contributed by atoms with Crippen LogP contribution in [-0.2, 0) is 0 Å². The van der Waals surface area contributed by atoms with Gasteiger partial charge in [0.1, 0.15) is 11.5 Å². The number of fused-ring (bicyclic) bond motifs is 3. The van der Waals surface area contributed by atoms with Crippen LogP contribution in [0.3, 0.4) is 0 Å². The van der Waals surface area contributed by atoms with Crippen molar-refractivity contribution in [2.75, 3.05) is 23.8 Å². The van der Waals surface area contributed by atoms with E-state index in [0.29, 0.717) is 24.7 Å². The van der Waals surface area contributed by atoms with Gasteiger partial charge in [-0.25, -0.2) is 0 Å². The first-order valence-electron chi connectivity index (χ1n) is 12.0. The van der Waals surface area contributed by atoms with Crippen LogP contribution in [0, 0.1) is 5.92 Å². The third kappa shape index (κ3) is 4.14. The normalized spacial score (nSPS) is 20.1. The van der Waals surface area contributed by atoms with Crippen molar-refractivity contribution in [3.63, 3.8) is 0 Å². The second kappa shape index (κ2) is 9.64. The van der Waals surface area contributed by atoms with E-state index in [-0.39, 0.29) is 17.9 Å². The minimum atomic E-state index is -0.134. The predicted molar refractivity (Wildman–Crippen MR) is 136 cm³/mol. The van der Waals surface area contributed by atoms with Gasteiger partial charge in [0.15, 0.2) is 0 Å². The van der Waals surface area contributed by atoms with Gasteiger partial charge in [-0.2, -0.15) is 0 Å². The lowest BCUT2D eigenvalue weighted by atomic mass is 9.76. The van der Waals surface area contributed by atoms with E-state index in [1.807, 2.05) is 62.4 Å². The number of carbonyl (C=O) groups excluding carboxylic acids is 1. The monoisotopic (exact) mass is 454 g/mol. The topological polar surface area (TPSA) is 59.6 Å². The Morgan fingerprint density at radius 2 is 1.71 bits per heavy atom. The van der Waals surface area contributed by atoms with Crippen molar-refractivity contribution in [3.05, 3.63) is 95.6 Å². The molecule has 5 heteroatoms. The molecule has 5 rings (SSSR count). The summed E-state index contributed by atoms with van der Waals surface area (Å²) >= 11 is 0. The molecule has 0 saturated heterocycles. The number of carbonyl (C=O) groups is 1. The lowest BCUT2D eigenvalue weighted by Crippen LogP contribution is -2.31. The standard InChI is InChI=1S/C29H30N2O3/c1-3-33-20-17-15-19(16-18-20)30-29(32)25-13-8-12-23-21-10-7-11-22(21)27(31-28(23)25)24-9-5-6-14-26(24)34-4-2/h5-10,12-18,21-22,27,31H,3-4,11H2,1-2H3,(H,30,32). The molecule has 1 aliphatic carbocycles. The van der Waals surface area contributed by atoms with Gasteiger partial charge >= 0.3 is 0 Å². The summed E-state index contributed by atoms with van der Waals surface area (Å²) < 4.78 is 11.5. The zero-order valence-corrected chi connectivity index (χ0v) is 19.6. The number of ether oxygens (including phenoxy) is 2. The third-order valence-corrected chi connectivity index (χ3v) is 6.62. The van der Waals surface area contributed by atoms with Gasteiger partial charge in [-0.3, -0.25) is 4.79 Å². The van der Waals surface area contributed by atoms with E-state index in [2.05, 4.69) is 41.0 Å². The fraction of sp³-hybridized carbons (Fsp3) is 0.276. The zero-order chi connectivity index (χ0) is 23.5. The first-order chi connectivity index (χ1) is 16.7. The maximum absolute atomic E-state index is 13.4. The van der Waals surface area contributed by atoms with Crippen molar-refractivity contribution in [3.8, 4) is 11.5 Å². The number of benzene rings is 3. The van der Waals surface area contributed by atoms with Crippen LogP contribution in [0.5, 0.6) is 11.5 Å². The lowest BCUT2D eigenvalue weighted by Gasteiger charge is -2.38. The molecule has 0 fully saturated rings. The van der Waals surface area contributed by atoms with Gasteiger partial charge in [0, 0.05) is 17.2 Å². The van der Waals surface area contributed by atoms with E-state index < -0.39 is 0 Å². The Kier molecular flexibility index (Phi) is 6.26. The van der Waals surface area contributed by atoms with E-state index in [9.17, 15) is 4.79 Å². The summed E-state index contributed by atoms with van der Waals surface area (Å²) in [6.45, 7) is 5.18. The van der Waals surface area contributed by atoms with Crippen LogP contribution in [0.2, 0.25) is 0 Å². The van der Waals surface area contributed by atoms with E-state index in [0.717, 1.165) is 34.9 Å². The van der Waals surface area contributed by atoms with E-state index in [1.165, 1.54) is 5.56 Å². The largest absolute Gasteiger partial charge is 0.494 e. The Morgan fingerprint density at radius 3 is 2.50 bits per heavy atom. The summed E-state index contributed by atoms with van der Waals surface area (Å²) in [7, 11) is 0. The van der Waals surface area contributed by atoms with Crippen LogP contribution in [0.15, 0.2) is 78.9 Å². The summed E-state index contributed by atoms with van der Waals surface area (Å²) in [5, 5.41) is 6.79. The molecule has 2 aliphatic rings. The number of para-hydroxylation sites is 2. The molecule has 174 valence electrons. The average Bonchev–Trinajstić information content (AvgIpc) is 3.36. The summed E-state index contributed by atoms with van der Waals surface area (Å²) in [5.74, 6) is 2.18. The molecule has 5 nitrogen and oxygen atoms in total. The third-order valence-electron chi connectivity index (χ3n) is 6.62. The highest BCUT2D eigenvalue weighted by atomic mass is 16.5. The van der Waals surface area contributed by atoms with Crippen molar-refractivity contribution in [2.24, 2.45) is 5.92 Å². The molecule has 3 aromatic rings. The number of hydrogen-bond donors (Lipinski definition) is 2. The number of allylic oxidation sites excluding steroid dienone is 2. The van der Waals surface area contributed by atoms with Gasteiger partial charge in [0.05, 0.1) is 30.5 Å². The number of rotatable bonds is 7. The van der Waals surface area contributed by atoms with Crippen molar-refractivity contribution >= 4 is 17.3 Å². The van der Waals surface area contributed by atoms with Crippen molar-refractivity contribution in [1.29, 1.82) is 0 Å². The molecule has 2 N–H and O–H groups in total. The Labute approximate surface area is 200 Å². The van der Waals surface area contributed by atoms with Crippen molar-refractivity contribution < 1.29 is 14.3 Å². The van der Waals surface area contributed by atoms with Crippen molar-refractivity contribution in [2.45, 2.75) is 32.2 Å². The van der Waals surface area contributed by atoms with Crippen LogP contribution < -0.4 is 20.1 Å². The molecule has 3 unspecified atom stereocenters. The number of hydrogen-bond acceptors (Lipinski definition) is 4. The first kappa shape index (κ1) is 22.1. The second-order valence-electron chi connectivity index (χ2n) is 8.63. The summed E-state index contributed by atoms with van der Waals surface area (Å²) in [5.41, 5.74) is 4.58. The minimum Gasteiger partial charge on any atom is -0.494 e. The van der Waals surface area contributed by atoms with Gasteiger partial charge in [-0.15, -0.1) is 0 Å². The maximum atomic E-state index is 13.4. The predicted octanol–water partition coefficient (Wildman–Crippen LogP) is 6.56.